The van der Waals surface area contributed by atoms with Gasteiger partial charge in [0.15, 0.2) is 11.5 Å². The van der Waals surface area contributed by atoms with E-state index in [4.69, 9.17) is 14.2 Å². The van der Waals surface area contributed by atoms with Crippen LogP contribution in [0.1, 0.15) is 33.6 Å². The number of benzene rings is 1. The van der Waals surface area contributed by atoms with Crippen molar-refractivity contribution in [1.82, 2.24) is 0 Å². The van der Waals surface area contributed by atoms with E-state index in [0.29, 0.717) is 24.3 Å². The Morgan fingerprint density at radius 3 is 2.27 bits per heavy atom. The van der Waals surface area contributed by atoms with Crippen molar-refractivity contribution in [3.05, 3.63) is 24.3 Å². The molecule has 0 spiro atoms. The fraction of sp³-hybridized carbons (Fsp3) is 0.529. The number of para-hydroxylation sites is 2. The number of carbonyl (C=O) groups is 2. The highest BCUT2D eigenvalue weighted by molar-refractivity contribution is 5.94. The molecule has 2 bridgehead atoms. The largest absolute Gasteiger partial charge is 0.493 e. The van der Waals surface area contributed by atoms with Crippen LogP contribution < -0.4 is 9.47 Å². The van der Waals surface area contributed by atoms with Crippen molar-refractivity contribution in [3.8, 4) is 11.5 Å². The van der Waals surface area contributed by atoms with Gasteiger partial charge in [0.05, 0.1) is 12.5 Å². The summed E-state index contributed by atoms with van der Waals surface area (Å²) < 4.78 is 16.2. The van der Waals surface area contributed by atoms with Crippen molar-refractivity contribution in [1.29, 1.82) is 0 Å². The van der Waals surface area contributed by atoms with E-state index in [2.05, 4.69) is 0 Å². The molecule has 1 aromatic carbocycles. The van der Waals surface area contributed by atoms with Gasteiger partial charge in [-0.05, 0) is 31.9 Å². The predicted molar refractivity (Wildman–Crippen MR) is 78.6 cm³/mol. The molecule has 1 heterocycles. The minimum absolute atomic E-state index is 0.319. The van der Waals surface area contributed by atoms with Crippen LogP contribution in [0.5, 0.6) is 11.5 Å². The Balaban J connectivity index is 1.95. The molecule has 0 amide bonds. The fourth-order valence-corrected chi connectivity index (χ4v) is 3.59. The number of hydrogen-bond donors (Lipinski definition) is 0. The Morgan fingerprint density at radius 1 is 1.14 bits per heavy atom. The zero-order valence-electron chi connectivity index (χ0n) is 13.3. The second kappa shape index (κ2) is 4.48. The molecule has 118 valence electrons. The highest BCUT2D eigenvalue weighted by atomic mass is 16.6. The molecule has 2 atom stereocenters. The Labute approximate surface area is 129 Å². The van der Waals surface area contributed by atoms with Gasteiger partial charge in [0.25, 0.3) is 0 Å². The predicted octanol–water partition coefficient (Wildman–Crippen LogP) is 2.72. The van der Waals surface area contributed by atoms with E-state index in [0.717, 1.165) is 0 Å². The van der Waals surface area contributed by atoms with E-state index in [1.807, 2.05) is 20.8 Å². The van der Waals surface area contributed by atoms with Gasteiger partial charge in [-0.1, -0.05) is 26.0 Å². The van der Waals surface area contributed by atoms with Gasteiger partial charge in [-0.3, -0.25) is 4.79 Å². The molecule has 0 N–H and O–H groups in total. The van der Waals surface area contributed by atoms with Crippen LogP contribution in [0.15, 0.2) is 24.3 Å². The minimum atomic E-state index is -1.22. The summed E-state index contributed by atoms with van der Waals surface area (Å²) in [4.78, 5) is 25.0. The highest BCUT2D eigenvalue weighted by Gasteiger charge is 2.76. The zero-order chi connectivity index (χ0) is 16.2. The summed E-state index contributed by atoms with van der Waals surface area (Å²) in [7, 11) is 1.51. The van der Waals surface area contributed by atoms with Crippen LogP contribution in [-0.4, -0.2) is 24.6 Å². The monoisotopic (exact) mass is 304 g/mol. The van der Waals surface area contributed by atoms with E-state index in [1.54, 1.807) is 24.3 Å². The van der Waals surface area contributed by atoms with Gasteiger partial charge in [-0.15, -0.1) is 0 Å². The summed E-state index contributed by atoms with van der Waals surface area (Å²) in [6, 6.07) is 6.92. The van der Waals surface area contributed by atoms with Crippen LogP contribution in [0.25, 0.3) is 0 Å². The standard InChI is InChI=1S/C17H20O5/c1-15(2)16(3)9-10-17(15,22-13(16)18)14(19)21-12-8-6-5-7-11(12)20-4/h5-8H,9-10H2,1-4H3/t16-,17-/m1/s1. The number of esters is 2. The number of hydrogen-bond acceptors (Lipinski definition) is 5. The van der Waals surface area contributed by atoms with Crippen molar-refractivity contribution < 1.29 is 23.8 Å². The average molecular weight is 304 g/mol. The summed E-state index contributed by atoms with van der Waals surface area (Å²) in [5.41, 5.74) is -2.48. The van der Waals surface area contributed by atoms with Crippen LogP contribution in [0, 0.1) is 10.8 Å². The molecular formula is C17H20O5. The van der Waals surface area contributed by atoms with Gasteiger partial charge in [-0.25, -0.2) is 4.79 Å². The molecule has 1 aromatic rings. The number of carbonyl (C=O) groups excluding carboxylic acids is 2. The second-order valence-electron chi connectivity index (χ2n) is 6.71. The maximum absolute atomic E-state index is 12.8. The maximum Gasteiger partial charge on any atom is 0.356 e. The molecule has 1 saturated carbocycles. The molecule has 1 saturated heterocycles. The maximum atomic E-state index is 12.8. The van der Waals surface area contributed by atoms with Crippen molar-refractivity contribution in [2.45, 2.75) is 39.2 Å². The SMILES string of the molecule is COc1ccccc1OC(=O)[C@@]12CC[C@](C)(C(=O)O1)C2(C)C. The van der Waals surface area contributed by atoms with Crippen molar-refractivity contribution in [2.75, 3.05) is 7.11 Å². The smallest absolute Gasteiger partial charge is 0.356 e. The van der Waals surface area contributed by atoms with Gasteiger partial charge in [0.2, 0.25) is 5.60 Å². The molecule has 5 heteroatoms. The molecule has 0 radical (unpaired) electrons. The normalized spacial score (nSPS) is 31.7. The molecule has 5 nitrogen and oxygen atoms in total. The van der Waals surface area contributed by atoms with Crippen LogP contribution in [0.2, 0.25) is 0 Å². The van der Waals surface area contributed by atoms with Crippen molar-refractivity contribution in [3.63, 3.8) is 0 Å². The molecule has 3 rings (SSSR count). The average Bonchev–Trinajstić information content (AvgIpc) is 2.78. The second-order valence-corrected chi connectivity index (χ2v) is 6.71. The molecule has 0 unspecified atom stereocenters. The summed E-state index contributed by atoms with van der Waals surface area (Å²) in [6.07, 6.45) is 1.11. The lowest BCUT2D eigenvalue weighted by atomic mass is 9.66. The first-order valence-corrected chi connectivity index (χ1v) is 7.37. The van der Waals surface area contributed by atoms with Crippen LogP contribution >= 0.6 is 0 Å². The van der Waals surface area contributed by atoms with Gasteiger partial charge in [0.1, 0.15) is 0 Å². The Bertz CT molecular complexity index is 650. The molecule has 1 aliphatic heterocycles. The molecule has 0 aromatic heterocycles. The number of methoxy groups -OCH3 is 1. The Hall–Kier alpha value is -2.04. The van der Waals surface area contributed by atoms with Gasteiger partial charge >= 0.3 is 11.9 Å². The lowest BCUT2D eigenvalue weighted by molar-refractivity contribution is -0.176. The van der Waals surface area contributed by atoms with Crippen molar-refractivity contribution >= 4 is 11.9 Å². The number of fused-ring (bicyclic) bond motifs is 2. The van der Waals surface area contributed by atoms with E-state index in [-0.39, 0.29) is 5.97 Å². The lowest BCUT2D eigenvalue weighted by Crippen LogP contribution is -2.50. The first-order valence-electron chi connectivity index (χ1n) is 7.37. The Kier molecular flexibility index (Phi) is 3.03. The van der Waals surface area contributed by atoms with Crippen LogP contribution in [0.4, 0.5) is 0 Å². The summed E-state index contributed by atoms with van der Waals surface area (Å²) in [5, 5.41) is 0. The van der Waals surface area contributed by atoms with E-state index in [9.17, 15) is 9.59 Å². The third kappa shape index (κ3) is 1.59. The molecule has 2 fully saturated rings. The van der Waals surface area contributed by atoms with Gasteiger partial charge in [-0.2, -0.15) is 0 Å². The van der Waals surface area contributed by atoms with Crippen LogP contribution in [0.3, 0.4) is 0 Å². The topological polar surface area (TPSA) is 61.8 Å². The fourth-order valence-electron chi connectivity index (χ4n) is 3.59. The third-order valence-electron chi connectivity index (χ3n) is 5.69. The number of ether oxygens (including phenoxy) is 3. The van der Waals surface area contributed by atoms with Gasteiger partial charge < -0.3 is 14.2 Å². The first kappa shape index (κ1) is 14.9. The van der Waals surface area contributed by atoms with E-state index in [1.165, 1.54) is 7.11 Å². The molecule has 22 heavy (non-hydrogen) atoms. The first-order chi connectivity index (χ1) is 10.3. The van der Waals surface area contributed by atoms with Crippen molar-refractivity contribution in [2.24, 2.45) is 10.8 Å². The highest BCUT2D eigenvalue weighted by Crippen LogP contribution is 2.65. The lowest BCUT2D eigenvalue weighted by Gasteiger charge is -2.34. The summed E-state index contributed by atoms with van der Waals surface area (Å²) in [6.45, 7) is 5.66. The third-order valence-corrected chi connectivity index (χ3v) is 5.69. The zero-order valence-corrected chi connectivity index (χ0v) is 13.3. The van der Waals surface area contributed by atoms with Gasteiger partial charge in [0, 0.05) is 5.41 Å². The summed E-state index contributed by atoms with van der Waals surface area (Å²) >= 11 is 0. The van der Waals surface area contributed by atoms with E-state index >= 15 is 0 Å². The molecular weight excluding hydrogens is 284 g/mol. The van der Waals surface area contributed by atoms with Crippen LogP contribution in [-0.2, 0) is 14.3 Å². The quantitative estimate of drug-likeness (QED) is 0.634. The summed E-state index contributed by atoms with van der Waals surface area (Å²) in [5.74, 6) is -0.0517. The number of rotatable bonds is 3. The molecule has 1 aliphatic carbocycles. The van der Waals surface area contributed by atoms with E-state index < -0.39 is 22.4 Å². The molecule has 2 aliphatic rings. The Morgan fingerprint density at radius 2 is 1.77 bits per heavy atom. The minimum Gasteiger partial charge on any atom is -0.493 e.